The number of carbonyl (C=O) groups excluding carboxylic acids is 1. The second kappa shape index (κ2) is 6.49. The fraction of sp³-hybridized carbons (Fsp3) is 0.417. The summed E-state index contributed by atoms with van der Waals surface area (Å²) in [5, 5.41) is 0. The third-order valence-electron chi connectivity index (χ3n) is 2.52. The molecule has 0 radical (unpaired) electrons. The lowest BCUT2D eigenvalue weighted by Crippen LogP contribution is -2.31. The smallest absolute Gasteiger partial charge is 0.246 e. The van der Waals surface area contributed by atoms with Crippen molar-refractivity contribution in [2.75, 3.05) is 24.6 Å². The molecule has 0 spiro atoms. The average molecular weight is 363 g/mol. The van der Waals surface area contributed by atoms with Crippen LogP contribution in [-0.2, 0) is 4.79 Å². The van der Waals surface area contributed by atoms with Gasteiger partial charge in [0.1, 0.15) is 5.76 Å². The Hall–Kier alpha value is -0.430. The van der Waals surface area contributed by atoms with Gasteiger partial charge in [-0.2, -0.15) is 11.8 Å². The maximum Gasteiger partial charge on any atom is 0.246 e. The minimum Gasteiger partial charge on any atom is -0.451 e. The molecule has 5 heteroatoms. The van der Waals surface area contributed by atoms with E-state index in [0.29, 0.717) is 0 Å². The fourth-order valence-electron chi connectivity index (χ4n) is 1.64. The Labute approximate surface area is 119 Å². The van der Waals surface area contributed by atoms with Crippen LogP contribution in [0.5, 0.6) is 0 Å². The van der Waals surface area contributed by atoms with Crippen molar-refractivity contribution in [1.29, 1.82) is 0 Å². The Morgan fingerprint density at radius 1 is 1.41 bits per heavy atom. The molecule has 1 aliphatic heterocycles. The summed E-state index contributed by atoms with van der Waals surface area (Å²) in [5.41, 5.74) is 0. The van der Waals surface area contributed by atoms with Crippen LogP contribution in [0.4, 0.5) is 0 Å². The van der Waals surface area contributed by atoms with E-state index < -0.39 is 0 Å². The lowest BCUT2D eigenvalue weighted by Gasteiger charge is -2.17. The van der Waals surface area contributed by atoms with Crippen LogP contribution in [-0.4, -0.2) is 35.4 Å². The van der Waals surface area contributed by atoms with Crippen molar-refractivity contribution in [3.8, 4) is 0 Å². The minimum atomic E-state index is 0.0823. The van der Waals surface area contributed by atoms with Crippen LogP contribution in [0.3, 0.4) is 0 Å². The number of furan rings is 1. The van der Waals surface area contributed by atoms with E-state index in [2.05, 4.69) is 22.6 Å². The Kier molecular flexibility index (Phi) is 4.97. The van der Waals surface area contributed by atoms with E-state index in [-0.39, 0.29) is 5.91 Å². The monoisotopic (exact) mass is 363 g/mol. The zero-order valence-electron chi connectivity index (χ0n) is 9.39. The Morgan fingerprint density at radius 3 is 3.06 bits per heavy atom. The third-order valence-corrected chi connectivity index (χ3v) is 4.15. The normalized spacial score (nSPS) is 17.4. The number of hydrogen-bond donors (Lipinski definition) is 0. The van der Waals surface area contributed by atoms with Gasteiger partial charge < -0.3 is 9.32 Å². The predicted molar refractivity (Wildman–Crippen MR) is 79.0 cm³/mol. The van der Waals surface area contributed by atoms with Crippen LogP contribution < -0.4 is 0 Å². The van der Waals surface area contributed by atoms with Crippen LogP contribution in [0.1, 0.15) is 12.2 Å². The molecule has 1 aromatic heterocycles. The van der Waals surface area contributed by atoms with Gasteiger partial charge in [0.25, 0.3) is 0 Å². The maximum absolute atomic E-state index is 11.9. The van der Waals surface area contributed by atoms with Crippen LogP contribution in [0, 0.1) is 3.77 Å². The number of amides is 1. The Morgan fingerprint density at radius 2 is 2.29 bits per heavy atom. The highest BCUT2D eigenvalue weighted by atomic mass is 127. The van der Waals surface area contributed by atoms with Gasteiger partial charge in [-0.1, -0.05) is 0 Å². The van der Waals surface area contributed by atoms with Crippen LogP contribution in [0.2, 0.25) is 0 Å². The summed E-state index contributed by atoms with van der Waals surface area (Å²) in [7, 11) is 0. The van der Waals surface area contributed by atoms with Crippen LogP contribution >= 0.6 is 34.4 Å². The highest BCUT2D eigenvalue weighted by Crippen LogP contribution is 2.13. The molecule has 0 bridgehead atoms. The van der Waals surface area contributed by atoms with Gasteiger partial charge >= 0.3 is 0 Å². The zero-order chi connectivity index (χ0) is 12.1. The SMILES string of the molecule is O=C(C=Cc1ccc(I)o1)N1CCCSCC1. The molecule has 92 valence electrons. The molecular formula is C12H14INO2S. The van der Waals surface area contributed by atoms with Crippen molar-refractivity contribution in [3.05, 3.63) is 27.7 Å². The molecule has 3 nitrogen and oxygen atoms in total. The van der Waals surface area contributed by atoms with Crippen molar-refractivity contribution < 1.29 is 9.21 Å². The van der Waals surface area contributed by atoms with Gasteiger partial charge in [-0.25, -0.2) is 0 Å². The highest BCUT2D eigenvalue weighted by Gasteiger charge is 2.12. The molecule has 0 saturated carbocycles. The molecule has 0 N–H and O–H groups in total. The van der Waals surface area contributed by atoms with E-state index in [0.717, 1.165) is 40.5 Å². The number of thioether (sulfide) groups is 1. The largest absolute Gasteiger partial charge is 0.451 e. The molecule has 0 atom stereocenters. The van der Waals surface area contributed by atoms with E-state index in [9.17, 15) is 4.79 Å². The summed E-state index contributed by atoms with van der Waals surface area (Å²) in [6.45, 7) is 1.72. The molecule has 0 aliphatic carbocycles. The Balaban J connectivity index is 1.93. The Bertz CT molecular complexity index is 408. The fourth-order valence-corrected chi connectivity index (χ4v) is 2.96. The number of halogens is 1. The van der Waals surface area contributed by atoms with Crippen molar-refractivity contribution >= 4 is 46.3 Å². The minimum absolute atomic E-state index is 0.0823. The third kappa shape index (κ3) is 4.06. The summed E-state index contributed by atoms with van der Waals surface area (Å²) in [5.74, 6) is 3.01. The van der Waals surface area contributed by atoms with Crippen LogP contribution in [0.25, 0.3) is 6.08 Å². The first-order valence-corrected chi connectivity index (χ1v) is 7.79. The second-order valence-corrected chi connectivity index (χ2v) is 6.05. The van der Waals surface area contributed by atoms with Crippen molar-refractivity contribution in [2.24, 2.45) is 0 Å². The summed E-state index contributed by atoms with van der Waals surface area (Å²) < 4.78 is 6.21. The first-order valence-electron chi connectivity index (χ1n) is 5.56. The molecule has 1 aliphatic rings. The molecule has 2 heterocycles. The first-order chi connectivity index (χ1) is 8.25. The molecule has 1 amide bonds. The lowest BCUT2D eigenvalue weighted by atomic mass is 10.3. The molecule has 1 fully saturated rings. The van der Waals surface area contributed by atoms with E-state index in [1.807, 2.05) is 28.8 Å². The van der Waals surface area contributed by atoms with Gasteiger partial charge in [-0.05, 0) is 53.0 Å². The van der Waals surface area contributed by atoms with Crippen LogP contribution in [0.15, 0.2) is 22.6 Å². The van der Waals surface area contributed by atoms with E-state index >= 15 is 0 Å². The van der Waals surface area contributed by atoms with Crippen molar-refractivity contribution in [3.63, 3.8) is 0 Å². The lowest BCUT2D eigenvalue weighted by molar-refractivity contribution is -0.125. The van der Waals surface area contributed by atoms with Gasteiger partial charge in [-0.3, -0.25) is 4.79 Å². The second-order valence-electron chi connectivity index (χ2n) is 3.77. The van der Waals surface area contributed by atoms with Crippen molar-refractivity contribution in [1.82, 2.24) is 4.90 Å². The molecular weight excluding hydrogens is 349 g/mol. The molecule has 0 aromatic carbocycles. The van der Waals surface area contributed by atoms with Gasteiger partial charge in [-0.15, -0.1) is 0 Å². The first kappa shape index (κ1) is 13.0. The topological polar surface area (TPSA) is 33.5 Å². The van der Waals surface area contributed by atoms with Crippen molar-refractivity contribution in [2.45, 2.75) is 6.42 Å². The predicted octanol–water partition coefficient (Wildman–Crippen LogP) is 2.86. The number of rotatable bonds is 2. The highest BCUT2D eigenvalue weighted by molar-refractivity contribution is 14.1. The van der Waals surface area contributed by atoms with E-state index in [1.165, 1.54) is 0 Å². The molecule has 1 saturated heterocycles. The van der Waals surface area contributed by atoms with Gasteiger partial charge in [0, 0.05) is 24.9 Å². The van der Waals surface area contributed by atoms with E-state index in [4.69, 9.17) is 4.42 Å². The summed E-state index contributed by atoms with van der Waals surface area (Å²) in [6, 6.07) is 3.75. The molecule has 2 rings (SSSR count). The standard InChI is InChI=1S/C12H14INO2S/c13-11-4-2-10(16-11)3-5-12(15)14-6-1-8-17-9-7-14/h2-5H,1,6-9H2. The van der Waals surface area contributed by atoms with Gasteiger partial charge in [0.15, 0.2) is 3.77 Å². The summed E-state index contributed by atoms with van der Waals surface area (Å²) in [4.78, 5) is 13.8. The van der Waals surface area contributed by atoms with E-state index in [1.54, 1.807) is 12.2 Å². The number of nitrogens with zero attached hydrogens (tertiary/aromatic N) is 1. The quantitative estimate of drug-likeness (QED) is 0.599. The maximum atomic E-state index is 11.9. The summed E-state index contributed by atoms with van der Waals surface area (Å²) >= 11 is 4.02. The number of carbonyl (C=O) groups is 1. The summed E-state index contributed by atoms with van der Waals surface area (Å²) in [6.07, 6.45) is 4.43. The number of hydrogen-bond acceptors (Lipinski definition) is 3. The molecule has 0 unspecified atom stereocenters. The van der Waals surface area contributed by atoms with Gasteiger partial charge in [0.2, 0.25) is 5.91 Å². The molecule has 17 heavy (non-hydrogen) atoms. The zero-order valence-corrected chi connectivity index (χ0v) is 12.4. The average Bonchev–Trinajstić information content (AvgIpc) is 2.58. The molecule has 1 aromatic rings. The van der Waals surface area contributed by atoms with Gasteiger partial charge in [0.05, 0.1) is 0 Å².